The molecule has 3 rings (SSSR count). The molecule has 0 unspecified atom stereocenters. The number of likely N-dealkylation sites (tertiary alicyclic amines) is 1. The molecule has 6 nitrogen and oxygen atoms in total. The highest BCUT2D eigenvalue weighted by Crippen LogP contribution is 2.33. The molecule has 1 aromatic carbocycles. The van der Waals surface area contributed by atoms with E-state index in [1.165, 1.54) is 0 Å². The Hall–Kier alpha value is -2.28. The first-order valence-electron chi connectivity index (χ1n) is 9.37. The minimum Gasteiger partial charge on any atom is -0.488 e. The summed E-state index contributed by atoms with van der Waals surface area (Å²) in [4.78, 5) is 31.8. The van der Waals surface area contributed by atoms with Crippen LogP contribution in [0.2, 0.25) is 0 Å². The molecule has 2 atom stereocenters. The van der Waals surface area contributed by atoms with Gasteiger partial charge in [0.1, 0.15) is 17.9 Å². The van der Waals surface area contributed by atoms with E-state index >= 15 is 0 Å². The van der Waals surface area contributed by atoms with Crippen LogP contribution in [-0.2, 0) is 9.59 Å². The maximum atomic E-state index is 12.7. The van der Waals surface area contributed by atoms with Crippen LogP contribution in [0.15, 0.2) is 35.4 Å². The molecule has 1 fully saturated rings. The number of aromatic nitrogens is 1. The Morgan fingerprint density at radius 3 is 2.71 bits per heavy atom. The van der Waals surface area contributed by atoms with Crippen molar-refractivity contribution in [3.63, 3.8) is 0 Å². The first-order chi connectivity index (χ1) is 13.2. The number of hydrogen-bond acceptors (Lipinski definition) is 5. The van der Waals surface area contributed by atoms with Crippen LogP contribution in [0, 0.1) is 5.41 Å². The highest BCUT2D eigenvalue weighted by atomic mass is 32.2. The van der Waals surface area contributed by atoms with E-state index in [1.807, 2.05) is 51.3 Å². The molecule has 7 heteroatoms. The summed E-state index contributed by atoms with van der Waals surface area (Å²) in [6.07, 6.45) is 4.21. The smallest absolute Gasteiger partial charge is 0.240 e. The number of hydrogen-bond donors (Lipinski definition) is 1. The monoisotopic (exact) mass is 401 g/mol. The lowest BCUT2D eigenvalue weighted by molar-refractivity contribution is -0.138. The normalized spacial score (nSPS) is 19.8. The molecule has 0 saturated carbocycles. The van der Waals surface area contributed by atoms with Gasteiger partial charge in [-0.3, -0.25) is 14.6 Å². The SMILES string of the molecule is CSc1cccc2c(O[C@@H]3C[C@@H](C(N)=O)N(C(=O)CC(C)(C)C)C3)ccnc12. The van der Waals surface area contributed by atoms with Crippen molar-refractivity contribution in [3.05, 3.63) is 30.5 Å². The number of pyridine rings is 1. The predicted molar refractivity (Wildman–Crippen MR) is 111 cm³/mol. The Bertz CT molecular complexity index is 894. The highest BCUT2D eigenvalue weighted by molar-refractivity contribution is 7.98. The number of ether oxygens (including phenoxy) is 1. The molecule has 1 aliphatic heterocycles. The van der Waals surface area contributed by atoms with Gasteiger partial charge in [0.25, 0.3) is 0 Å². The Morgan fingerprint density at radius 1 is 1.32 bits per heavy atom. The average Bonchev–Trinajstić information content (AvgIpc) is 3.04. The number of carbonyl (C=O) groups excluding carboxylic acids is 2. The van der Waals surface area contributed by atoms with Crippen molar-refractivity contribution in [2.24, 2.45) is 11.1 Å². The van der Waals surface area contributed by atoms with E-state index in [1.54, 1.807) is 22.9 Å². The van der Waals surface area contributed by atoms with Crippen molar-refractivity contribution >= 4 is 34.5 Å². The number of carbonyl (C=O) groups is 2. The van der Waals surface area contributed by atoms with Crippen molar-refractivity contribution in [3.8, 4) is 5.75 Å². The van der Waals surface area contributed by atoms with Gasteiger partial charge in [0.2, 0.25) is 11.8 Å². The molecule has 1 saturated heterocycles. The van der Waals surface area contributed by atoms with Gasteiger partial charge in [-0.1, -0.05) is 26.8 Å². The summed E-state index contributed by atoms with van der Waals surface area (Å²) >= 11 is 1.63. The number of thioether (sulfide) groups is 1. The van der Waals surface area contributed by atoms with Gasteiger partial charge in [-0.05, 0) is 29.9 Å². The quantitative estimate of drug-likeness (QED) is 0.778. The fraction of sp³-hybridized carbons (Fsp3) is 0.476. The molecule has 1 aliphatic rings. The maximum Gasteiger partial charge on any atom is 0.240 e. The van der Waals surface area contributed by atoms with Gasteiger partial charge in [0.15, 0.2) is 0 Å². The van der Waals surface area contributed by atoms with E-state index in [4.69, 9.17) is 10.5 Å². The zero-order chi connectivity index (χ0) is 20.5. The minimum absolute atomic E-state index is 0.0633. The molecule has 0 aliphatic carbocycles. The third-order valence-corrected chi connectivity index (χ3v) is 5.57. The highest BCUT2D eigenvalue weighted by Gasteiger charge is 2.40. The van der Waals surface area contributed by atoms with Crippen LogP contribution in [0.25, 0.3) is 10.9 Å². The van der Waals surface area contributed by atoms with Gasteiger partial charge in [0, 0.05) is 29.3 Å². The lowest BCUT2D eigenvalue weighted by atomic mass is 9.91. The van der Waals surface area contributed by atoms with Crippen LogP contribution in [0.3, 0.4) is 0 Å². The molecule has 0 radical (unpaired) electrons. The molecule has 28 heavy (non-hydrogen) atoms. The lowest BCUT2D eigenvalue weighted by Crippen LogP contribution is -2.44. The Morgan fingerprint density at radius 2 is 2.07 bits per heavy atom. The number of primary amides is 1. The fourth-order valence-corrected chi connectivity index (χ4v) is 4.12. The molecule has 2 amide bonds. The second-order valence-corrected chi connectivity index (χ2v) is 9.19. The van der Waals surface area contributed by atoms with Crippen molar-refractivity contribution < 1.29 is 14.3 Å². The molecule has 0 spiro atoms. The Labute approximate surface area is 169 Å². The van der Waals surface area contributed by atoms with Crippen molar-refractivity contribution in [1.29, 1.82) is 0 Å². The zero-order valence-electron chi connectivity index (χ0n) is 16.8. The number of fused-ring (bicyclic) bond motifs is 1. The molecule has 150 valence electrons. The van der Waals surface area contributed by atoms with E-state index in [0.29, 0.717) is 25.1 Å². The summed E-state index contributed by atoms with van der Waals surface area (Å²) in [7, 11) is 0. The van der Waals surface area contributed by atoms with Gasteiger partial charge < -0.3 is 15.4 Å². The summed E-state index contributed by atoms with van der Waals surface area (Å²) in [5.41, 5.74) is 6.30. The van der Waals surface area contributed by atoms with Crippen LogP contribution in [0.1, 0.15) is 33.6 Å². The van der Waals surface area contributed by atoms with Crippen LogP contribution in [0.4, 0.5) is 0 Å². The van der Waals surface area contributed by atoms with Crippen LogP contribution in [-0.4, -0.2) is 46.6 Å². The maximum absolute atomic E-state index is 12.7. The lowest BCUT2D eigenvalue weighted by Gasteiger charge is -2.26. The van der Waals surface area contributed by atoms with Crippen molar-refractivity contribution in [2.45, 2.75) is 50.7 Å². The standard InChI is InChI=1S/C21H27N3O3S/c1-21(2,3)11-18(25)24-12-13(10-15(24)20(22)26)27-16-8-9-23-19-14(16)6-5-7-17(19)28-4/h5-9,13,15H,10-12H2,1-4H3,(H2,22,26)/t13-,15+/m1/s1. The minimum atomic E-state index is -0.630. The molecular weight excluding hydrogens is 374 g/mol. The average molecular weight is 402 g/mol. The van der Waals surface area contributed by atoms with E-state index in [9.17, 15) is 9.59 Å². The molecule has 0 bridgehead atoms. The summed E-state index contributed by atoms with van der Waals surface area (Å²) < 4.78 is 6.23. The molecule has 1 aromatic heterocycles. The predicted octanol–water partition coefficient (Wildman–Crippen LogP) is 3.23. The van der Waals surface area contributed by atoms with Crippen molar-refractivity contribution in [2.75, 3.05) is 12.8 Å². The zero-order valence-corrected chi connectivity index (χ0v) is 17.6. The summed E-state index contributed by atoms with van der Waals surface area (Å²) in [5.74, 6) is 0.156. The van der Waals surface area contributed by atoms with Gasteiger partial charge in [-0.2, -0.15) is 0 Å². The number of benzene rings is 1. The third-order valence-electron chi connectivity index (χ3n) is 4.80. The van der Waals surface area contributed by atoms with Gasteiger partial charge >= 0.3 is 0 Å². The molecular formula is C21H27N3O3S. The number of nitrogens with two attached hydrogens (primary N) is 1. The molecule has 2 heterocycles. The summed E-state index contributed by atoms with van der Waals surface area (Å²) in [5, 5.41) is 0.921. The van der Waals surface area contributed by atoms with Gasteiger partial charge in [-0.15, -0.1) is 11.8 Å². The van der Waals surface area contributed by atoms with E-state index < -0.39 is 11.9 Å². The van der Waals surface area contributed by atoms with Gasteiger partial charge in [-0.25, -0.2) is 0 Å². The molecule has 2 N–H and O–H groups in total. The van der Waals surface area contributed by atoms with Crippen molar-refractivity contribution in [1.82, 2.24) is 9.88 Å². The van der Waals surface area contributed by atoms with Crippen LogP contribution in [0.5, 0.6) is 5.75 Å². The largest absolute Gasteiger partial charge is 0.488 e. The topological polar surface area (TPSA) is 85.5 Å². The van der Waals surface area contributed by atoms with E-state index in [0.717, 1.165) is 15.8 Å². The number of amides is 2. The number of para-hydroxylation sites is 1. The Kier molecular flexibility index (Phi) is 5.84. The van der Waals surface area contributed by atoms with E-state index in [2.05, 4.69) is 4.98 Å². The first kappa shape index (κ1) is 20.5. The Balaban J connectivity index is 1.83. The molecule has 2 aromatic rings. The summed E-state index contributed by atoms with van der Waals surface area (Å²) in [6, 6.07) is 7.17. The number of nitrogens with zero attached hydrogens (tertiary/aromatic N) is 2. The second-order valence-electron chi connectivity index (χ2n) is 8.34. The summed E-state index contributed by atoms with van der Waals surface area (Å²) in [6.45, 7) is 6.36. The second kappa shape index (κ2) is 7.99. The van der Waals surface area contributed by atoms with Crippen LogP contribution >= 0.6 is 11.8 Å². The third kappa shape index (κ3) is 4.41. The van der Waals surface area contributed by atoms with Crippen LogP contribution < -0.4 is 10.5 Å². The fourth-order valence-electron chi connectivity index (χ4n) is 3.55. The van der Waals surface area contributed by atoms with Gasteiger partial charge in [0.05, 0.1) is 12.1 Å². The number of rotatable bonds is 5. The van der Waals surface area contributed by atoms with E-state index in [-0.39, 0.29) is 17.4 Å². The first-order valence-corrected chi connectivity index (χ1v) is 10.6.